The van der Waals surface area contributed by atoms with Gasteiger partial charge in [-0.05, 0) is 63.4 Å². The van der Waals surface area contributed by atoms with Gasteiger partial charge in [-0.15, -0.1) is 12.4 Å². The van der Waals surface area contributed by atoms with Gasteiger partial charge >= 0.3 is 0 Å². The molecule has 1 amide bonds. The van der Waals surface area contributed by atoms with Gasteiger partial charge in [0.25, 0.3) is 5.91 Å². The molecule has 2 rings (SSSR count). The summed E-state index contributed by atoms with van der Waals surface area (Å²) in [6.45, 7) is 9.76. The van der Waals surface area contributed by atoms with Gasteiger partial charge in [-0.3, -0.25) is 4.79 Å². The normalized spacial score (nSPS) is 16.6. The lowest BCUT2D eigenvalue weighted by molar-refractivity contribution is -0.139. The van der Waals surface area contributed by atoms with Crippen LogP contribution in [0.2, 0.25) is 0 Å². The molecule has 130 valence electrons. The molecule has 1 heterocycles. The molecule has 1 N–H and O–H groups in total. The fraction of sp³-hybridized carbons (Fsp3) is 0.611. The second-order valence-electron chi connectivity index (χ2n) is 6.15. The van der Waals surface area contributed by atoms with E-state index >= 15 is 0 Å². The van der Waals surface area contributed by atoms with Crippen LogP contribution >= 0.6 is 12.4 Å². The molecular formula is C18H29ClN2O2. The molecule has 1 aromatic carbocycles. The molecule has 0 aromatic heterocycles. The zero-order chi connectivity index (χ0) is 15.9. The van der Waals surface area contributed by atoms with Crippen molar-refractivity contribution in [3.8, 4) is 5.75 Å². The third-order valence-corrected chi connectivity index (χ3v) is 4.26. The summed E-state index contributed by atoms with van der Waals surface area (Å²) >= 11 is 0. The van der Waals surface area contributed by atoms with Crippen LogP contribution in [-0.4, -0.2) is 43.1 Å². The van der Waals surface area contributed by atoms with E-state index in [-0.39, 0.29) is 18.3 Å². The van der Waals surface area contributed by atoms with Gasteiger partial charge in [-0.2, -0.15) is 0 Å². The van der Waals surface area contributed by atoms with E-state index in [9.17, 15) is 4.79 Å². The molecule has 0 saturated carbocycles. The number of carbonyl (C=O) groups excluding carboxylic acids is 1. The van der Waals surface area contributed by atoms with Crippen LogP contribution in [0.5, 0.6) is 5.75 Å². The number of ether oxygens (including phenoxy) is 1. The summed E-state index contributed by atoms with van der Waals surface area (Å²) in [5.41, 5.74) is 1.14. The van der Waals surface area contributed by atoms with Crippen molar-refractivity contribution in [2.75, 3.05) is 26.2 Å². The number of rotatable bonds is 6. The van der Waals surface area contributed by atoms with E-state index in [1.54, 1.807) is 0 Å². The predicted octanol–water partition coefficient (Wildman–Crippen LogP) is 3.03. The highest BCUT2D eigenvalue weighted by Gasteiger charge is 2.26. The van der Waals surface area contributed by atoms with Gasteiger partial charge < -0.3 is 15.0 Å². The number of piperidine rings is 1. The average molecular weight is 341 g/mol. The Morgan fingerprint density at radius 3 is 2.70 bits per heavy atom. The topological polar surface area (TPSA) is 41.6 Å². The number of hydrogen-bond donors (Lipinski definition) is 1. The molecule has 0 spiro atoms. The summed E-state index contributed by atoms with van der Waals surface area (Å²) < 4.78 is 5.80. The molecule has 0 aliphatic carbocycles. The van der Waals surface area contributed by atoms with Crippen LogP contribution in [0.3, 0.4) is 0 Å². The van der Waals surface area contributed by atoms with Gasteiger partial charge in [0.1, 0.15) is 5.75 Å². The summed E-state index contributed by atoms with van der Waals surface area (Å²) in [7, 11) is 0. The fourth-order valence-electron chi connectivity index (χ4n) is 2.91. The molecule has 1 aliphatic rings. The second-order valence-corrected chi connectivity index (χ2v) is 6.15. The maximum absolute atomic E-state index is 12.5. The lowest BCUT2D eigenvalue weighted by Gasteiger charge is -2.33. The number of nitrogens with one attached hydrogen (secondary N) is 1. The van der Waals surface area contributed by atoms with Crippen LogP contribution in [0.25, 0.3) is 0 Å². The van der Waals surface area contributed by atoms with Crippen LogP contribution in [0.1, 0.15) is 32.3 Å². The van der Waals surface area contributed by atoms with E-state index in [2.05, 4.69) is 12.2 Å². The maximum atomic E-state index is 12.5. The Morgan fingerprint density at radius 2 is 2.09 bits per heavy atom. The van der Waals surface area contributed by atoms with Gasteiger partial charge in [0.2, 0.25) is 0 Å². The Labute approximate surface area is 146 Å². The standard InChI is InChI=1S/C18H28N2O2.ClH/c1-4-19-13-16-8-10-20(11-9-16)18(21)15(3)22-17-7-5-6-14(2)12-17;/h5-7,12,15-16,19H,4,8-11,13H2,1-3H3;1H. The first-order valence-corrected chi connectivity index (χ1v) is 8.33. The Balaban J connectivity index is 0.00000264. The van der Waals surface area contributed by atoms with Crippen molar-refractivity contribution in [2.45, 2.75) is 39.7 Å². The summed E-state index contributed by atoms with van der Waals surface area (Å²) in [6, 6.07) is 7.84. The van der Waals surface area contributed by atoms with E-state index in [4.69, 9.17) is 4.74 Å². The number of carbonyl (C=O) groups is 1. The van der Waals surface area contributed by atoms with E-state index in [0.29, 0.717) is 5.92 Å². The second kappa shape index (κ2) is 9.78. The molecule has 0 bridgehead atoms. The minimum absolute atomic E-state index is 0. The van der Waals surface area contributed by atoms with E-state index in [1.807, 2.05) is 43.0 Å². The first-order chi connectivity index (χ1) is 10.6. The molecule has 5 heteroatoms. The number of hydrogen-bond acceptors (Lipinski definition) is 3. The monoisotopic (exact) mass is 340 g/mol. The molecule has 0 radical (unpaired) electrons. The number of likely N-dealkylation sites (tertiary alicyclic amines) is 1. The zero-order valence-electron chi connectivity index (χ0n) is 14.4. The van der Waals surface area contributed by atoms with Gasteiger partial charge in [0.05, 0.1) is 0 Å². The van der Waals surface area contributed by atoms with Gasteiger partial charge in [0.15, 0.2) is 6.10 Å². The van der Waals surface area contributed by atoms with Crippen LogP contribution in [0, 0.1) is 12.8 Å². The fourth-order valence-corrected chi connectivity index (χ4v) is 2.91. The Hall–Kier alpha value is -1.26. The molecule has 1 aromatic rings. The molecule has 1 fully saturated rings. The first kappa shape index (κ1) is 19.8. The molecule has 4 nitrogen and oxygen atoms in total. The number of aryl methyl sites for hydroxylation is 1. The lowest BCUT2D eigenvalue weighted by atomic mass is 9.96. The van der Waals surface area contributed by atoms with Gasteiger partial charge in [-0.1, -0.05) is 19.1 Å². The average Bonchev–Trinajstić information content (AvgIpc) is 2.52. The van der Waals surface area contributed by atoms with Crippen molar-refractivity contribution in [1.29, 1.82) is 0 Å². The summed E-state index contributed by atoms with van der Waals surface area (Å²) in [6.07, 6.45) is 1.73. The third kappa shape index (κ3) is 6.04. The maximum Gasteiger partial charge on any atom is 0.263 e. The Bertz CT molecular complexity index is 488. The quantitative estimate of drug-likeness (QED) is 0.865. The number of halogens is 1. The zero-order valence-corrected chi connectivity index (χ0v) is 15.2. The lowest BCUT2D eigenvalue weighted by Crippen LogP contribution is -2.45. The Kier molecular flexibility index (Phi) is 8.42. The highest BCUT2D eigenvalue weighted by molar-refractivity contribution is 5.85. The largest absolute Gasteiger partial charge is 0.481 e. The van der Waals surface area contributed by atoms with Crippen molar-refractivity contribution >= 4 is 18.3 Å². The minimum Gasteiger partial charge on any atom is -0.481 e. The van der Waals surface area contributed by atoms with Crippen LogP contribution in [-0.2, 0) is 4.79 Å². The molecule has 1 aliphatic heterocycles. The van der Waals surface area contributed by atoms with Crippen LogP contribution in [0.4, 0.5) is 0 Å². The highest BCUT2D eigenvalue weighted by atomic mass is 35.5. The minimum atomic E-state index is -0.424. The van der Waals surface area contributed by atoms with Crippen molar-refractivity contribution < 1.29 is 9.53 Å². The van der Waals surface area contributed by atoms with Gasteiger partial charge in [-0.25, -0.2) is 0 Å². The van der Waals surface area contributed by atoms with E-state index < -0.39 is 6.10 Å². The molecule has 1 saturated heterocycles. The first-order valence-electron chi connectivity index (χ1n) is 8.33. The number of benzene rings is 1. The number of nitrogens with zero attached hydrogens (tertiary/aromatic N) is 1. The summed E-state index contributed by atoms with van der Waals surface area (Å²) in [5.74, 6) is 1.56. The summed E-state index contributed by atoms with van der Waals surface area (Å²) in [5, 5.41) is 3.39. The highest BCUT2D eigenvalue weighted by Crippen LogP contribution is 2.19. The smallest absolute Gasteiger partial charge is 0.263 e. The third-order valence-electron chi connectivity index (χ3n) is 4.26. The summed E-state index contributed by atoms with van der Waals surface area (Å²) in [4.78, 5) is 14.4. The van der Waals surface area contributed by atoms with Crippen molar-refractivity contribution in [1.82, 2.24) is 10.2 Å². The van der Waals surface area contributed by atoms with Crippen LogP contribution in [0.15, 0.2) is 24.3 Å². The van der Waals surface area contributed by atoms with Gasteiger partial charge in [0, 0.05) is 13.1 Å². The van der Waals surface area contributed by atoms with Crippen molar-refractivity contribution in [3.63, 3.8) is 0 Å². The van der Waals surface area contributed by atoms with E-state index in [0.717, 1.165) is 50.3 Å². The van der Waals surface area contributed by atoms with Crippen molar-refractivity contribution in [3.05, 3.63) is 29.8 Å². The molecule has 1 unspecified atom stereocenters. The molecule has 1 atom stereocenters. The van der Waals surface area contributed by atoms with Crippen molar-refractivity contribution in [2.24, 2.45) is 5.92 Å². The molecule has 23 heavy (non-hydrogen) atoms. The predicted molar refractivity (Wildman–Crippen MR) is 96.4 cm³/mol. The number of amides is 1. The molecular weight excluding hydrogens is 312 g/mol. The Morgan fingerprint density at radius 1 is 1.39 bits per heavy atom. The SMILES string of the molecule is CCNCC1CCN(C(=O)C(C)Oc2cccc(C)c2)CC1.Cl. The van der Waals surface area contributed by atoms with E-state index in [1.165, 1.54) is 0 Å². The van der Waals surface area contributed by atoms with Crippen LogP contribution < -0.4 is 10.1 Å².